The summed E-state index contributed by atoms with van der Waals surface area (Å²) >= 11 is 0. The Morgan fingerprint density at radius 2 is 1.62 bits per heavy atom. The molecule has 3 N–H and O–H groups in total. The maximum Gasteiger partial charge on any atom is 0.340 e. The van der Waals surface area contributed by atoms with E-state index < -0.39 is 29.9 Å². The van der Waals surface area contributed by atoms with Gasteiger partial charge in [-0.25, -0.2) is 4.79 Å². The number of amides is 1. The molecule has 1 fully saturated rings. The number of nitrogens with one attached hydrogen (secondary N) is 1. The molecule has 0 bridgehead atoms. The van der Waals surface area contributed by atoms with E-state index in [9.17, 15) is 19.8 Å². The van der Waals surface area contributed by atoms with Gasteiger partial charge >= 0.3 is 5.97 Å². The van der Waals surface area contributed by atoms with E-state index in [1.807, 2.05) is 32.9 Å². The number of benzene rings is 2. The number of anilines is 1. The zero-order valence-electron chi connectivity index (χ0n) is 28.9. The zero-order chi connectivity index (χ0) is 33.5. The Hall–Kier alpha value is -2.74. The highest BCUT2D eigenvalue weighted by molar-refractivity contribution is 6.08. The number of carbonyl (C=O) groups excluding carboxylic acids is 2. The highest BCUT2D eigenvalue weighted by Crippen LogP contribution is 2.54. The van der Waals surface area contributed by atoms with E-state index in [0.717, 1.165) is 31.2 Å². The molecule has 3 unspecified atom stereocenters. The normalized spacial score (nSPS) is 26.5. The number of aryl methyl sites for hydroxylation is 1. The van der Waals surface area contributed by atoms with Crippen molar-refractivity contribution in [3.63, 3.8) is 0 Å². The van der Waals surface area contributed by atoms with Crippen molar-refractivity contribution < 1.29 is 29.3 Å². The molecular weight excluding hydrogens is 566 g/mol. The van der Waals surface area contributed by atoms with E-state index in [0.29, 0.717) is 23.6 Å². The molecule has 0 aliphatic heterocycles. The average molecular weight is 624 g/mol. The number of hydrogen-bond donors (Lipinski definition) is 3. The largest absolute Gasteiger partial charge is 0.459 e. The van der Waals surface area contributed by atoms with Crippen molar-refractivity contribution in [1.82, 2.24) is 0 Å². The quantitative estimate of drug-likeness (QED) is 0.177. The van der Waals surface area contributed by atoms with Crippen LogP contribution in [0.4, 0.5) is 5.69 Å². The highest BCUT2D eigenvalue weighted by Gasteiger charge is 2.62. The smallest absolute Gasteiger partial charge is 0.340 e. The third kappa shape index (κ3) is 7.98. The lowest BCUT2D eigenvalue weighted by Gasteiger charge is -2.42. The molecule has 2 aromatic carbocycles. The van der Waals surface area contributed by atoms with E-state index in [4.69, 9.17) is 9.47 Å². The summed E-state index contributed by atoms with van der Waals surface area (Å²) in [5.74, 6) is -0.504. The molecular formula is C38H57NO6. The lowest BCUT2D eigenvalue weighted by molar-refractivity contribution is -0.183. The first-order chi connectivity index (χ1) is 21.3. The predicted molar refractivity (Wildman–Crippen MR) is 180 cm³/mol. The Morgan fingerprint density at radius 1 is 0.978 bits per heavy atom. The lowest BCUT2D eigenvalue weighted by Crippen LogP contribution is -2.57. The molecule has 45 heavy (non-hydrogen) atoms. The van der Waals surface area contributed by atoms with Crippen molar-refractivity contribution in [2.75, 3.05) is 12.4 Å². The third-order valence-corrected chi connectivity index (χ3v) is 10.7. The molecule has 7 heteroatoms. The van der Waals surface area contributed by atoms with Gasteiger partial charge in [0.1, 0.15) is 11.7 Å². The van der Waals surface area contributed by atoms with Gasteiger partial charge in [-0.05, 0) is 91.5 Å². The fourth-order valence-electron chi connectivity index (χ4n) is 7.72. The first-order valence-corrected chi connectivity index (χ1v) is 17.0. The molecule has 0 spiro atoms. The van der Waals surface area contributed by atoms with Crippen LogP contribution in [0.2, 0.25) is 0 Å². The van der Waals surface area contributed by atoms with Crippen LogP contribution in [0.5, 0.6) is 0 Å². The number of rotatable bonds is 15. The van der Waals surface area contributed by atoms with Crippen LogP contribution in [0, 0.1) is 35.5 Å². The minimum atomic E-state index is -1.38. The molecule has 250 valence electrons. The standard InChI is InChI=1S/C38H57NO6/c1-10-15-31-33(23(4)11-2)26(7)38(43,35(31)44-9)34(40)25(6)22-24(5)27(8)45-37(42)30-16-13-14-17-32(30)39-36(41)29-20-18-28(12-3)19-21-29/h13-14,16-21,23-27,31,33-35,40,43H,10-12,15,22H2,1-9H3,(H,39,41)/t23-,24?,25-,26?,27+,31+,33?,34+,35+,38-/m1/s1. The minimum absolute atomic E-state index is 0.101. The fourth-order valence-corrected chi connectivity index (χ4v) is 7.72. The molecule has 0 aromatic heterocycles. The second-order valence-electron chi connectivity index (χ2n) is 13.5. The number of carbonyl (C=O) groups is 2. The highest BCUT2D eigenvalue weighted by atomic mass is 16.5. The molecule has 1 aliphatic rings. The predicted octanol–water partition coefficient (Wildman–Crippen LogP) is 7.54. The maximum absolute atomic E-state index is 13.3. The van der Waals surface area contributed by atoms with Gasteiger partial charge < -0.3 is 25.0 Å². The van der Waals surface area contributed by atoms with Gasteiger partial charge in [-0.1, -0.05) is 85.6 Å². The van der Waals surface area contributed by atoms with Crippen LogP contribution in [-0.4, -0.2) is 53.1 Å². The zero-order valence-corrected chi connectivity index (χ0v) is 28.9. The van der Waals surface area contributed by atoms with Crippen LogP contribution in [-0.2, 0) is 15.9 Å². The van der Waals surface area contributed by atoms with E-state index in [2.05, 4.69) is 39.9 Å². The number of ether oxygens (including phenoxy) is 2. The van der Waals surface area contributed by atoms with Crippen LogP contribution in [0.1, 0.15) is 107 Å². The van der Waals surface area contributed by atoms with Crippen molar-refractivity contribution in [2.45, 2.75) is 111 Å². The SMILES string of the molecule is CCC[C@H]1C([C@H](C)CC)C(C)[C@@](O)([C@@H](O)[C@H](C)CC(C)[C@H](C)OC(=O)c2ccccc2NC(=O)c2ccc(CC)cc2)[C@H]1OC. The fraction of sp³-hybridized carbons (Fsp3) is 0.632. The van der Waals surface area contributed by atoms with Gasteiger partial charge in [0.2, 0.25) is 0 Å². The molecule has 0 saturated heterocycles. The Morgan fingerprint density at radius 3 is 2.20 bits per heavy atom. The monoisotopic (exact) mass is 623 g/mol. The Bertz CT molecular complexity index is 1250. The Balaban J connectivity index is 1.69. The summed E-state index contributed by atoms with van der Waals surface area (Å²) in [5.41, 5.74) is 0.933. The molecule has 1 amide bonds. The summed E-state index contributed by atoms with van der Waals surface area (Å²) in [6, 6.07) is 14.2. The van der Waals surface area contributed by atoms with Crippen LogP contribution in [0.25, 0.3) is 0 Å². The average Bonchev–Trinajstić information content (AvgIpc) is 3.25. The van der Waals surface area contributed by atoms with Crippen molar-refractivity contribution in [3.8, 4) is 0 Å². The summed E-state index contributed by atoms with van der Waals surface area (Å²) in [4.78, 5) is 26.3. The number of aliphatic hydroxyl groups is 2. The topological polar surface area (TPSA) is 105 Å². The summed E-state index contributed by atoms with van der Waals surface area (Å²) in [6.45, 7) is 16.5. The van der Waals surface area contributed by atoms with Crippen LogP contribution in [0.3, 0.4) is 0 Å². The maximum atomic E-state index is 13.3. The van der Waals surface area contributed by atoms with Gasteiger partial charge in [0.25, 0.3) is 5.91 Å². The van der Waals surface area contributed by atoms with Gasteiger partial charge in [0, 0.05) is 12.7 Å². The number of para-hydroxylation sites is 1. The molecule has 1 aliphatic carbocycles. The lowest BCUT2D eigenvalue weighted by atomic mass is 9.73. The number of esters is 1. The Kier molecular flexibility index (Phi) is 13.2. The van der Waals surface area contributed by atoms with Crippen LogP contribution >= 0.6 is 0 Å². The summed E-state index contributed by atoms with van der Waals surface area (Å²) < 4.78 is 11.9. The second kappa shape index (κ2) is 16.2. The first kappa shape index (κ1) is 36.7. The number of hydrogen-bond acceptors (Lipinski definition) is 6. The molecule has 0 radical (unpaired) electrons. The molecule has 3 rings (SSSR count). The second-order valence-corrected chi connectivity index (χ2v) is 13.5. The Labute approximate surface area is 271 Å². The number of methoxy groups -OCH3 is 1. The minimum Gasteiger partial charge on any atom is -0.459 e. The van der Waals surface area contributed by atoms with Crippen LogP contribution < -0.4 is 5.32 Å². The van der Waals surface area contributed by atoms with E-state index in [1.54, 1.807) is 43.5 Å². The van der Waals surface area contributed by atoms with Crippen LogP contribution in [0.15, 0.2) is 48.5 Å². The van der Waals surface area contributed by atoms with E-state index in [-0.39, 0.29) is 41.1 Å². The van der Waals surface area contributed by atoms with Gasteiger partial charge in [0.15, 0.2) is 0 Å². The van der Waals surface area contributed by atoms with Gasteiger partial charge in [-0.3, -0.25) is 4.79 Å². The number of aliphatic hydroxyl groups excluding tert-OH is 1. The van der Waals surface area contributed by atoms with Crippen molar-refractivity contribution in [3.05, 3.63) is 65.2 Å². The van der Waals surface area contributed by atoms with Gasteiger partial charge in [-0.2, -0.15) is 0 Å². The molecule has 2 aromatic rings. The molecule has 1 saturated carbocycles. The molecule has 10 atom stereocenters. The molecule has 0 heterocycles. The van der Waals surface area contributed by atoms with E-state index in [1.165, 1.54) is 0 Å². The molecule has 7 nitrogen and oxygen atoms in total. The summed E-state index contributed by atoms with van der Waals surface area (Å²) in [6.07, 6.45) is 2.45. The van der Waals surface area contributed by atoms with Gasteiger partial charge in [0.05, 0.1) is 23.5 Å². The van der Waals surface area contributed by atoms with Crippen molar-refractivity contribution in [1.29, 1.82) is 0 Å². The van der Waals surface area contributed by atoms with Crippen molar-refractivity contribution in [2.24, 2.45) is 35.5 Å². The van der Waals surface area contributed by atoms with Crippen molar-refractivity contribution >= 4 is 17.6 Å². The summed E-state index contributed by atoms with van der Waals surface area (Å²) in [7, 11) is 1.65. The van der Waals surface area contributed by atoms with E-state index >= 15 is 0 Å². The summed E-state index contributed by atoms with van der Waals surface area (Å²) in [5, 5.41) is 26.9. The first-order valence-electron chi connectivity index (χ1n) is 17.0. The van der Waals surface area contributed by atoms with Gasteiger partial charge in [-0.15, -0.1) is 0 Å². The third-order valence-electron chi connectivity index (χ3n) is 10.7.